The first kappa shape index (κ1) is 11.4. The summed E-state index contributed by atoms with van der Waals surface area (Å²) in [6, 6.07) is 8.71. The van der Waals surface area contributed by atoms with Crippen LogP contribution in [0.5, 0.6) is 5.75 Å². The maximum absolute atomic E-state index is 8.63. The third-order valence-corrected chi connectivity index (χ3v) is 0.756. The molecule has 0 aliphatic carbocycles. The van der Waals surface area contributed by atoms with Gasteiger partial charge in [0.1, 0.15) is 5.75 Å². The Bertz CT molecular complexity index is 195. The molecule has 0 aromatic heterocycles. The fourth-order valence-electron chi connectivity index (χ4n) is 0.428. The molecule has 0 heterocycles. The molecule has 0 aliphatic heterocycles. The van der Waals surface area contributed by atoms with Gasteiger partial charge in [-0.15, -0.1) is 0 Å². The Morgan fingerprint density at radius 2 is 1.25 bits per heavy atom. The summed E-state index contributed by atoms with van der Waals surface area (Å²) in [4.78, 5) is 0. The standard InChI is InChI=1S/C6H6O.C4H13P/c7-6-4-2-1-3-5-6;1-5(2,3)4/h1-5,7H;5H,1-4H3. The fourth-order valence-corrected chi connectivity index (χ4v) is 0.428. The van der Waals surface area contributed by atoms with Gasteiger partial charge in [0.05, 0.1) is 0 Å². The molecule has 0 unspecified atom stereocenters. The third-order valence-electron chi connectivity index (χ3n) is 0.756. The second kappa shape index (κ2) is 5.16. The van der Waals surface area contributed by atoms with Crippen LogP contribution in [0.1, 0.15) is 0 Å². The van der Waals surface area contributed by atoms with Crippen molar-refractivity contribution in [3.05, 3.63) is 30.3 Å². The summed E-state index contributed by atoms with van der Waals surface area (Å²) >= 11 is 0. The van der Waals surface area contributed by atoms with Gasteiger partial charge >= 0.3 is 33.9 Å². The SMILES string of the molecule is C[PH](C)(C)C.Oc1ccccc1. The summed E-state index contributed by atoms with van der Waals surface area (Å²) in [6.07, 6.45) is 0. The molecule has 1 nitrogen and oxygen atoms in total. The van der Waals surface area contributed by atoms with E-state index in [0.717, 1.165) is 0 Å². The second-order valence-corrected chi connectivity index (χ2v) is 10.3. The van der Waals surface area contributed by atoms with E-state index in [0.29, 0.717) is 5.75 Å². The van der Waals surface area contributed by atoms with Gasteiger partial charge in [0.2, 0.25) is 0 Å². The molecule has 0 aliphatic rings. The molecule has 0 amide bonds. The first-order chi connectivity index (χ1) is 5.39. The molecular weight excluding hydrogens is 167 g/mol. The van der Waals surface area contributed by atoms with Gasteiger partial charge in [-0.25, -0.2) is 0 Å². The zero-order chi connectivity index (χ0) is 9.61. The Morgan fingerprint density at radius 1 is 0.917 bits per heavy atom. The molecule has 0 atom stereocenters. The van der Waals surface area contributed by atoms with E-state index in [2.05, 4.69) is 26.7 Å². The van der Waals surface area contributed by atoms with Crippen LogP contribution in [-0.4, -0.2) is 31.8 Å². The number of hydrogen-bond donors (Lipinski definition) is 1. The van der Waals surface area contributed by atoms with E-state index in [1.54, 1.807) is 24.3 Å². The van der Waals surface area contributed by atoms with Crippen molar-refractivity contribution in [2.45, 2.75) is 0 Å². The van der Waals surface area contributed by atoms with Crippen molar-refractivity contribution < 1.29 is 5.11 Å². The van der Waals surface area contributed by atoms with Crippen LogP contribution >= 0.6 is 7.26 Å². The normalized spacial score (nSPS) is 11.3. The van der Waals surface area contributed by atoms with Crippen LogP contribution in [0, 0.1) is 0 Å². The van der Waals surface area contributed by atoms with Crippen molar-refractivity contribution in [2.24, 2.45) is 0 Å². The second-order valence-electron chi connectivity index (χ2n) is 4.34. The first-order valence-electron chi connectivity index (χ1n) is 4.13. The molecule has 0 bridgehead atoms. The van der Waals surface area contributed by atoms with Gasteiger partial charge in [0, 0.05) is 0 Å². The average Bonchev–Trinajstić information content (AvgIpc) is 1.85. The minimum atomic E-state index is -0.611. The Kier molecular flexibility index (Phi) is 4.92. The van der Waals surface area contributed by atoms with Crippen molar-refractivity contribution in [1.82, 2.24) is 0 Å². The smallest absolute Gasteiger partial charge is 0.115 e. The first-order valence-corrected chi connectivity index (χ1v) is 8.13. The molecule has 0 saturated heterocycles. The van der Waals surface area contributed by atoms with Crippen LogP contribution in [0.15, 0.2) is 30.3 Å². The summed E-state index contributed by atoms with van der Waals surface area (Å²) in [6.45, 7) is 9.31. The molecule has 2 heteroatoms. The molecular formula is C10H19OP. The van der Waals surface area contributed by atoms with E-state index in [4.69, 9.17) is 5.11 Å². The van der Waals surface area contributed by atoms with Crippen LogP contribution in [0.3, 0.4) is 0 Å². The number of benzene rings is 1. The average molecular weight is 186 g/mol. The number of rotatable bonds is 0. The molecule has 0 spiro atoms. The Labute approximate surface area is 75.8 Å². The summed E-state index contributed by atoms with van der Waals surface area (Å²) in [5.74, 6) is 0.322. The maximum Gasteiger partial charge on any atom is 0.115 e. The minimum absolute atomic E-state index is 0.322. The molecule has 70 valence electrons. The van der Waals surface area contributed by atoms with E-state index in [1.807, 2.05) is 6.07 Å². The summed E-state index contributed by atoms with van der Waals surface area (Å²) in [5.41, 5.74) is 0. The van der Waals surface area contributed by atoms with Crippen LogP contribution < -0.4 is 0 Å². The van der Waals surface area contributed by atoms with Crippen LogP contribution in [-0.2, 0) is 0 Å². The maximum atomic E-state index is 8.63. The zero-order valence-electron chi connectivity index (χ0n) is 8.33. The Balaban J connectivity index is 0.000000217. The van der Waals surface area contributed by atoms with E-state index in [1.165, 1.54) is 0 Å². The summed E-state index contributed by atoms with van der Waals surface area (Å²) in [5, 5.41) is 8.63. The predicted octanol–water partition coefficient (Wildman–Crippen LogP) is 2.65. The van der Waals surface area contributed by atoms with Gasteiger partial charge in [-0.05, 0) is 12.1 Å². The number of para-hydroxylation sites is 1. The monoisotopic (exact) mass is 186 g/mol. The van der Waals surface area contributed by atoms with E-state index in [9.17, 15) is 0 Å². The topological polar surface area (TPSA) is 20.2 Å². The molecule has 1 aromatic rings. The van der Waals surface area contributed by atoms with Crippen molar-refractivity contribution in [2.75, 3.05) is 26.7 Å². The molecule has 1 rings (SSSR count). The van der Waals surface area contributed by atoms with Crippen molar-refractivity contribution in [3.63, 3.8) is 0 Å². The summed E-state index contributed by atoms with van der Waals surface area (Å²) < 4.78 is 0. The Morgan fingerprint density at radius 3 is 1.42 bits per heavy atom. The number of hydrogen-bond acceptors (Lipinski definition) is 1. The minimum Gasteiger partial charge on any atom is -0.508 e. The van der Waals surface area contributed by atoms with Crippen LogP contribution in [0.4, 0.5) is 0 Å². The predicted molar refractivity (Wildman–Crippen MR) is 60.1 cm³/mol. The third kappa shape index (κ3) is 12.2. The van der Waals surface area contributed by atoms with Gasteiger partial charge in [-0.3, -0.25) is 0 Å². The van der Waals surface area contributed by atoms with E-state index < -0.39 is 7.26 Å². The van der Waals surface area contributed by atoms with Crippen LogP contribution in [0.25, 0.3) is 0 Å². The van der Waals surface area contributed by atoms with Gasteiger partial charge < -0.3 is 5.11 Å². The van der Waals surface area contributed by atoms with Gasteiger partial charge in [-0.2, -0.15) is 0 Å². The van der Waals surface area contributed by atoms with Crippen molar-refractivity contribution >= 4 is 7.26 Å². The number of phenols is 1. The quantitative estimate of drug-likeness (QED) is 0.617. The molecule has 0 radical (unpaired) electrons. The van der Waals surface area contributed by atoms with Gasteiger partial charge in [-0.1, -0.05) is 18.2 Å². The molecule has 0 fully saturated rings. The molecule has 12 heavy (non-hydrogen) atoms. The molecule has 0 saturated carbocycles. The van der Waals surface area contributed by atoms with E-state index in [-0.39, 0.29) is 0 Å². The zero-order valence-corrected chi connectivity index (χ0v) is 9.33. The van der Waals surface area contributed by atoms with Crippen molar-refractivity contribution in [1.29, 1.82) is 0 Å². The molecule has 1 aromatic carbocycles. The number of aromatic hydroxyl groups is 1. The Hall–Kier alpha value is -0.550. The molecule has 1 N–H and O–H groups in total. The van der Waals surface area contributed by atoms with Gasteiger partial charge in [0.25, 0.3) is 0 Å². The van der Waals surface area contributed by atoms with E-state index >= 15 is 0 Å². The van der Waals surface area contributed by atoms with Crippen LogP contribution in [0.2, 0.25) is 0 Å². The largest absolute Gasteiger partial charge is 0.508 e. The van der Waals surface area contributed by atoms with Gasteiger partial charge in [0.15, 0.2) is 0 Å². The fraction of sp³-hybridized carbons (Fsp3) is 0.400. The summed E-state index contributed by atoms with van der Waals surface area (Å²) in [7, 11) is -0.611. The number of phenolic OH excluding ortho intramolecular Hbond substituents is 1. The van der Waals surface area contributed by atoms with Crippen molar-refractivity contribution in [3.8, 4) is 5.75 Å².